The predicted molar refractivity (Wildman–Crippen MR) is 123 cm³/mol. The first-order chi connectivity index (χ1) is 15.5. The van der Waals surface area contributed by atoms with Gasteiger partial charge in [-0.15, -0.1) is 0 Å². The highest BCUT2D eigenvalue weighted by molar-refractivity contribution is 6.33. The Morgan fingerprint density at radius 1 is 1.16 bits per heavy atom. The molecule has 0 radical (unpaired) electrons. The Morgan fingerprint density at radius 3 is 2.62 bits per heavy atom. The van der Waals surface area contributed by atoms with Gasteiger partial charge in [-0.3, -0.25) is 0 Å². The van der Waals surface area contributed by atoms with Gasteiger partial charge in [-0.2, -0.15) is 0 Å². The Labute approximate surface area is 191 Å². The largest absolute Gasteiger partial charge is 0.476 e. The van der Waals surface area contributed by atoms with Crippen molar-refractivity contribution < 1.29 is 9.90 Å². The zero-order valence-corrected chi connectivity index (χ0v) is 18.3. The Morgan fingerprint density at radius 2 is 1.97 bits per heavy atom. The van der Waals surface area contributed by atoms with Gasteiger partial charge >= 0.3 is 5.97 Å². The minimum atomic E-state index is -1.02. The van der Waals surface area contributed by atoms with Gasteiger partial charge < -0.3 is 15.0 Å². The Kier molecular flexibility index (Phi) is 3.61. The minimum Gasteiger partial charge on any atom is -0.476 e. The quantitative estimate of drug-likeness (QED) is 0.509. The van der Waals surface area contributed by atoms with Crippen LogP contribution in [0.4, 0.5) is 11.4 Å². The van der Waals surface area contributed by atoms with Crippen LogP contribution in [0.2, 0.25) is 5.02 Å². The van der Waals surface area contributed by atoms with Crippen molar-refractivity contribution in [1.29, 1.82) is 0 Å². The molecule has 32 heavy (non-hydrogen) atoms. The van der Waals surface area contributed by atoms with Crippen LogP contribution in [0.25, 0.3) is 0 Å². The lowest BCUT2D eigenvalue weighted by Gasteiger charge is -2.91. The molecule has 4 fully saturated rings. The lowest BCUT2D eigenvalue weighted by atomic mass is 9.12. The van der Waals surface area contributed by atoms with Gasteiger partial charge in [0.1, 0.15) is 0 Å². The van der Waals surface area contributed by atoms with Gasteiger partial charge in [0.15, 0.2) is 5.69 Å². The molecule has 0 saturated heterocycles. The van der Waals surface area contributed by atoms with Gasteiger partial charge in [0.25, 0.3) is 0 Å². The Balaban J connectivity index is 1.09. The van der Waals surface area contributed by atoms with Crippen molar-refractivity contribution in [3.8, 4) is 0 Å². The molecule has 1 spiro atoms. The highest BCUT2D eigenvalue weighted by Crippen LogP contribution is 2.92. The van der Waals surface area contributed by atoms with Crippen molar-refractivity contribution in [1.82, 2.24) is 9.55 Å². The van der Waals surface area contributed by atoms with E-state index < -0.39 is 5.97 Å². The topological polar surface area (TPSA) is 67.2 Å². The fourth-order valence-corrected chi connectivity index (χ4v) is 8.23. The van der Waals surface area contributed by atoms with Gasteiger partial charge in [0, 0.05) is 23.8 Å². The standard InChI is InChI=1S/C26H24ClN3O2/c27-21-9-16(25-10-18-7-17-8-19(11-25)26(17,18)25)4-5-22(21)29-20-3-1-2-15(6-20)12-30-13-23(24(31)32)28-14-30/h1-6,9,13-14,17-19,29H,7-8,10-12H2,(H,31,32). The normalized spacial score (nSPS) is 33.0. The van der Waals surface area contributed by atoms with Crippen LogP contribution in [0, 0.1) is 23.2 Å². The van der Waals surface area contributed by atoms with Crippen molar-refractivity contribution >= 4 is 28.9 Å². The number of carbonyl (C=O) groups is 1. The number of hydrogen-bond donors (Lipinski definition) is 2. The zero-order valence-electron chi connectivity index (χ0n) is 17.6. The first kappa shape index (κ1) is 18.8. The van der Waals surface area contributed by atoms with E-state index in [2.05, 4.69) is 34.6 Å². The predicted octanol–water partition coefficient (Wildman–Crippen LogP) is 5.71. The molecular weight excluding hydrogens is 422 g/mol. The Bertz CT molecular complexity index is 1260. The van der Waals surface area contributed by atoms with Crippen molar-refractivity contribution in [2.75, 3.05) is 5.32 Å². The van der Waals surface area contributed by atoms with Gasteiger partial charge in [-0.05, 0) is 84.2 Å². The number of benzene rings is 2. The molecule has 4 aliphatic rings. The number of hydrogen-bond acceptors (Lipinski definition) is 3. The van der Waals surface area contributed by atoms with E-state index >= 15 is 0 Å². The summed E-state index contributed by atoms with van der Waals surface area (Å²) in [5.41, 5.74) is 5.51. The molecule has 162 valence electrons. The van der Waals surface area contributed by atoms with Crippen LogP contribution < -0.4 is 5.32 Å². The number of imidazole rings is 1. The minimum absolute atomic E-state index is 0.0517. The van der Waals surface area contributed by atoms with E-state index in [0.717, 1.165) is 39.7 Å². The summed E-state index contributed by atoms with van der Waals surface area (Å²) in [6, 6.07) is 14.7. The fraction of sp³-hybridized carbons (Fsp3) is 0.385. The molecule has 1 aromatic heterocycles. The van der Waals surface area contributed by atoms with Crippen LogP contribution in [0.1, 0.15) is 47.3 Å². The van der Waals surface area contributed by atoms with Crippen LogP contribution in [0.5, 0.6) is 0 Å². The van der Waals surface area contributed by atoms with E-state index in [4.69, 9.17) is 16.7 Å². The van der Waals surface area contributed by atoms with Crippen molar-refractivity contribution in [3.63, 3.8) is 0 Å². The summed E-state index contributed by atoms with van der Waals surface area (Å²) in [6.45, 7) is 0.552. The molecule has 2 aromatic carbocycles. The van der Waals surface area contributed by atoms with E-state index in [-0.39, 0.29) is 5.69 Å². The second kappa shape index (κ2) is 6.16. The molecule has 1 heterocycles. The van der Waals surface area contributed by atoms with Gasteiger partial charge in [0.2, 0.25) is 0 Å². The maximum absolute atomic E-state index is 11.0. The molecule has 7 rings (SSSR count). The zero-order chi connectivity index (χ0) is 21.7. The highest BCUT2D eigenvalue weighted by Gasteiger charge is 2.87. The summed E-state index contributed by atoms with van der Waals surface area (Å²) < 4.78 is 1.77. The third kappa shape index (κ3) is 2.20. The third-order valence-corrected chi connectivity index (χ3v) is 9.44. The third-order valence-electron chi connectivity index (χ3n) is 9.13. The average molecular weight is 446 g/mol. The fourth-order valence-electron chi connectivity index (χ4n) is 8.01. The molecule has 4 saturated carbocycles. The van der Waals surface area contributed by atoms with Gasteiger partial charge in [-0.1, -0.05) is 29.8 Å². The summed E-state index contributed by atoms with van der Waals surface area (Å²) in [5, 5.41) is 13.3. The molecule has 2 atom stereocenters. The summed E-state index contributed by atoms with van der Waals surface area (Å²) in [7, 11) is 0. The first-order valence-electron chi connectivity index (χ1n) is 11.4. The van der Waals surface area contributed by atoms with Crippen molar-refractivity contribution in [3.05, 3.63) is 76.8 Å². The number of carboxylic acid groups (broad SMARTS) is 1. The molecule has 6 heteroatoms. The van der Waals surface area contributed by atoms with E-state index in [9.17, 15) is 4.79 Å². The number of halogens is 1. The SMILES string of the molecule is O=C(O)c1cn(Cc2cccc(Nc3ccc(C45CC6CC7CC(C4)C765)cc3Cl)c2)cn1. The number of nitrogens with one attached hydrogen (secondary N) is 1. The maximum atomic E-state index is 11.0. The molecule has 5 nitrogen and oxygen atoms in total. The molecule has 2 unspecified atom stereocenters. The summed E-state index contributed by atoms with van der Waals surface area (Å²) >= 11 is 6.76. The molecule has 0 bridgehead atoms. The molecule has 2 N–H and O–H groups in total. The molecule has 4 aliphatic carbocycles. The van der Waals surface area contributed by atoms with Gasteiger partial charge in [-0.25, -0.2) is 9.78 Å². The summed E-state index contributed by atoms with van der Waals surface area (Å²) in [5.74, 6) is 1.94. The van der Waals surface area contributed by atoms with E-state index in [1.807, 2.05) is 18.2 Å². The van der Waals surface area contributed by atoms with Crippen LogP contribution in [0.15, 0.2) is 55.0 Å². The number of rotatable bonds is 6. The number of carboxylic acids is 1. The second-order valence-corrected chi connectivity index (χ2v) is 10.6. The first-order valence-corrected chi connectivity index (χ1v) is 11.8. The van der Waals surface area contributed by atoms with Crippen LogP contribution in [-0.2, 0) is 12.0 Å². The lowest BCUT2D eigenvalue weighted by molar-refractivity contribution is -0.395. The average Bonchev–Trinajstić information content (AvgIpc) is 3.17. The van der Waals surface area contributed by atoms with E-state index in [1.54, 1.807) is 17.1 Å². The van der Waals surface area contributed by atoms with Crippen LogP contribution in [-0.4, -0.2) is 20.6 Å². The van der Waals surface area contributed by atoms with E-state index in [1.165, 1.54) is 31.2 Å². The van der Waals surface area contributed by atoms with E-state index in [0.29, 0.717) is 17.4 Å². The summed E-state index contributed by atoms with van der Waals surface area (Å²) in [4.78, 5) is 15.0. The molecule has 0 aliphatic heterocycles. The molecule has 0 amide bonds. The van der Waals surface area contributed by atoms with Crippen molar-refractivity contribution in [2.24, 2.45) is 23.2 Å². The molecule has 3 aromatic rings. The molecular formula is C26H24ClN3O2. The van der Waals surface area contributed by atoms with Crippen LogP contribution >= 0.6 is 11.6 Å². The van der Waals surface area contributed by atoms with Crippen molar-refractivity contribution in [2.45, 2.75) is 37.6 Å². The number of aromatic nitrogens is 2. The smallest absolute Gasteiger partial charge is 0.356 e. The highest BCUT2D eigenvalue weighted by atomic mass is 35.5. The maximum Gasteiger partial charge on any atom is 0.356 e. The summed E-state index contributed by atoms with van der Waals surface area (Å²) in [6.07, 6.45) is 8.76. The monoisotopic (exact) mass is 445 g/mol. The second-order valence-electron chi connectivity index (χ2n) is 10.2. The van der Waals surface area contributed by atoms with Crippen LogP contribution in [0.3, 0.4) is 0 Å². The Hall–Kier alpha value is -2.79. The number of aromatic carboxylic acids is 1. The number of nitrogens with zero attached hydrogens (tertiary/aromatic N) is 2. The number of anilines is 2. The lowest BCUT2D eigenvalue weighted by Crippen LogP contribution is -2.87. The van der Waals surface area contributed by atoms with Gasteiger partial charge in [0.05, 0.1) is 17.0 Å².